The highest BCUT2D eigenvalue weighted by molar-refractivity contribution is 5.90. The average Bonchev–Trinajstić information content (AvgIpc) is 3.76. The first-order chi connectivity index (χ1) is 20.5. The number of cyclic esters (lactones) is 1. The third-order valence-corrected chi connectivity index (χ3v) is 6.99. The Balaban J connectivity index is 1.01. The predicted octanol–water partition coefficient (Wildman–Crippen LogP) is 4.05. The van der Waals surface area contributed by atoms with E-state index in [1.54, 1.807) is 41.0 Å². The van der Waals surface area contributed by atoms with E-state index in [4.69, 9.17) is 9.47 Å². The van der Waals surface area contributed by atoms with Crippen molar-refractivity contribution >= 4 is 11.8 Å². The number of halogens is 1. The zero-order valence-electron chi connectivity index (χ0n) is 22.9. The number of benzene rings is 3. The largest absolute Gasteiger partial charge is 0.497 e. The van der Waals surface area contributed by atoms with Crippen LogP contribution >= 0.6 is 0 Å². The maximum Gasteiger partial charge on any atom is 0.414 e. The van der Waals surface area contributed by atoms with E-state index >= 15 is 4.39 Å². The number of carbonyl (C=O) groups is 1. The summed E-state index contributed by atoms with van der Waals surface area (Å²) in [5, 5.41) is 19.5. The number of methoxy groups -OCH3 is 1. The second kappa shape index (κ2) is 12.2. The SMILES string of the molecule is COc1ccc(Cn2cc(CNCc3ccc(-c4ccc(N5C[C@H](Cn6ccnn6)OC5=O)cc4F)cc3)nn2)cc1. The predicted molar refractivity (Wildman–Crippen MR) is 152 cm³/mol. The molecule has 1 fully saturated rings. The van der Waals surface area contributed by atoms with Crippen molar-refractivity contribution in [1.82, 2.24) is 35.3 Å². The molecule has 214 valence electrons. The summed E-state index contributed by atoms with van der Waals surface area (Å²) in [5.74, 6) is 0.405. The molecule has 5 aromatic rings. The number of amides is 1. The first-order valence-corrected chi connectivity index (χ1v) is 13.5. The van der Waals surface area contributed by atoms with E-state index in [0.717, 1.165) is 28.1 Å². The lowest BCUT2D eigenvalue weighted by Gasteiger charge is -2.14. The van der Waals surface area contributed by atoms with E-state index in [-0.39, 0.29) is 0 Å². The quantitative estimate of drug-likeness (QED) is 0.254. The molecule has 0 spiro atoms. The lowest BCUT2D eigenvalue weighted by atomic mass is 10.0. The first-order valence-electron chi connectivity index (χ1n) is 13.5. The van der Waals surface area contributed by atoms with Crippen LogP contribution in [0.5, 0.6) is 5.75 Å². The molecule has 12 heteroatoms. The Kier molecular flexibility index (Phi) is 7.86. The highest BCUT2D eigenvalue weighted by atomic mass is 19.1. The van der Waals surface area contributed by atoms with Gasteiger partial charge < -0.3 is 14.8 Å². The van der Waals surface area contributed by atoms with Crippen molar-refractivity contribution in [2.24, 2.45) is 0 Å². The molecule has 11 nitrogen and oxygen atoms in total. The van der Waals surface area contributed by atoms with Gasteiger partial charge in [0.25, 0.3) is 0 Å². The minimum Gasteiger partial charge on any atom is -0.497 e. The summed E-state index contributed by atoms with van der Waals surface area (Å²) >= 11 is 0. The molecule has 3 aromatic carbocycles. The van der Waals surface area contributed by atoms with Crippen LogP contribution in [-0.4, -0.2) is 55.8 Å². The molecule has 42 heavy (non-hydrogen) atoms. The molecule has 6 rings (SSSR count). The average molecular weight is 569 g/mol. The summed E-state index contributed by atoms with van der Waals surface area (Å²) in [5.41, 5.74) is 4.66. The third-order valence-electron chi connectivity index (χ3n) is 6.99. The Hall–Kier alpha value is -5.10. The number of anilines is 1. The van der Waals surface area contributed by atoms with E-state index in [9.17, 15) is 4.79 Å². The summed E-state index contributed by atoms with van der Waals surface area (Å²) in [7, 11) is 1.65. The van der Waals surface area contributed by atoms with E-state index in [2.05, 4.69) is 25.9 Å². The van der Waals surface area contributed by atoms with Crippen molar-refractivity contribution < 1.29 is 18.7 Å². The van der Waals surface area contributed by atoms with Gasteiger partial charge >= 0.3 is 6.09 Å². The van der Waals surface area contributed by atoms with Gasteiger partial charge in [-0.3, -0.25) is 4.90 Å². The van der Waals surface area contributed by atoms with Crippen LogP contribution in [0.15, 0.2) is 85.3 Å². The van der Waals surface area contributed by atoms with Gasteiger partial charge in [-0.05, 0) is 47.0 Å². The maximum atomic E-state index is 15.1. The molecule has 1 aliphatic heterocycles. The number of hydrogen-bond donors (Lipinski definition) is 1. The monoisotopic (exact) mass is 568 g/mol. The summed E-state index contributed by atoms with van der Waals surface area (Å²) in [6, 6.07) is 20.3. The molecule has 1 N–H and O–H groups in total. The van der Waals surface area contributed by atoms with Crippen LogP contribution in [0.4, 0.5) is 14.9 Å². The molecule has 1 saturated heterocycles. The Morgan fingerprint density at radius 1 is 1.00 bits per heavy atom. The molecule has 2 aromatic heterocycles. The van der Waals surface area contributed by atoms with Gasteiger partial charge in [-0.2, -0.15) is 0 Å². The van der Waals surface area contributed by atoms with Gasteiger partial charge in [0, 0.05) is 24.8 Å². The van der Waals surface area contributed by atoms with Crippen LogP contribution in [-0.2, 0) is 30.9 Å². The van der Waals surface area contributed by atoms with Crippen molar-refractivity contribution in [2.75, 3.05) is 18.6 Å². The Labute approximate surface area is 241 Å². The molecule has 0 bridgehead atoms. The van der Waals surface area contributed by atoms with Gasteiger partial charge in [0.05, 0.1) is 50.5 Å². The van der Waals surface area contributed by atoms with E-state index in [0.29, 0.717) is 44.0 Å². The normalized spacial score (nSPS) is 14.8. The maximum absolute atomic E-state index is 15.1. The van der Waals surface area contributed by atoms with E-state index < -0.39 is 18.0 Å². The van der Waals surface area contributed by atoms with Gasteiger partial charge in [-0.15, -0.1) is 10.2 Å². The van der Waals surface area contributed by atoms with Crippen LogP contribution in [0.25, 0.3) is 11.1 Å². The summed E-state index contributed by atoms with van der Waals surface area (Å²) in [4.78, 5) is 13.8. The zero-order chi connectivity index (χ0) is 28.9. The molecule has 1 aliphatic rings. The summed E-state index contributed by atoms with van der Waals surface area (Å²) in [6.45, 7) is 2.51. The lowest BCUT2D eigenvalue weighted by Crippen LogP contribution is -2.26. The summed E-state index contributed by atoms with van der Waals surface area (Å²) < 4.78 is 29.2. The minimum atomic E-state index is -0.510. The van der Waals surface area contributed by atoms with Crippen LogP contribution < -0.4 is 15.0 Å². The molecule has 0 unspecified atom stereocenters. The smallest absolute Gasteiger partial charge is 0.414 e. The van der Waals surface area contributed by atoms with E-state index in [1.807, 2.05) is 54.7 Å². The van der Waals surface area contributed by atoms with Crippen LogP contribution in [0.3, 0.4) is 0 Å². The minimum absolute atomic E-state index is 0.304. The number of aromatic nitrogens is 6. The number of nitrogens with one attached hydrogen (secondary N) is 1. The molecule has 0 aliphatic carbocycles. The van der Waals surface area contributed by atoms with Crippen molar-refractivity contribution in [3.05, 3.63) is 108 Å². The lowest BCUT2D eigenvalue weighted by molar-refractivity contribution is 0.129. The Morgan fingerprint density at radius 3 is 2.55 bits per heavy atom. The number of carbonyl (C=O) groups excluding carboxylic acids is 1. The standard InChI is InChI=1S/C30H29FN8O3/c1-41-26-9-4-22(5-10-26)17-38-18-24(34-36-38)16-32-15-21-2-6-23(7-3-21)28-11-8-25(14-29(28)31)39-20-27(42-30(39)40)19-37-13-12-33-35-37/h2-14,18,27,32H,15-17,19-20H2,1H3/t27-/m0/s1. The second-order valence-electron chi connectivity index (χ2n) is 9.96. The van der Waals surface area contributed by atoms with Crippen molar-refractivity contribution in [3.8, 4) is 16.9 Å². The fourth-order valence-electron chi connectivity index (χ4n) is 4.82. The summed E-state index contributed by atoms with van der Waals surface area (Å²) in [6.07, 6.45) is 4.28. The van der Waals surface area contributed by atoms with Crippen molar-refractivity contribution in [2.45, 2.75) is 32.3 Å². The number of nitrogens with zero attached hydrogens (tertiary/aromatic N) is 7. The molecule has 1 atom stereocenters. The van der Waals surface area contributed by atoms with Crippen molar-refractivity contribution in [1.29, 1.82) is 0 Å². The highest BCUT2D eigenvalue weighted by Gasteiger charge is 2.33. The Morgan fingerprint density at radius 2 is 1.81 bits per heavy atom. The molecular formula is C30H29FN8O3. The fraction of sp³-hybridized carbons (Fsp3) is 0.233. The van der Waals surface area contributed by atoms with Gasteiger partial charge in [0.1, 0.15) is 17.7 Å². The number of ether oxygens (including phenoxy) is 2. The van der Waals surface area contributed by atoms with Gasteiger partial charge in [0.15, 0.2) is 0 Å². The molecule has 0 radical (unpaired) electrons. The van der Waals surface area contributed by atoms with Gasteiger partial charge in [-0.25, -0.2) is 18.5 Å². The second-order valence-corrected chi connectivity index (χ2v) is 9.96. The Bertz CT molecular complexity index is 1640. The van der Waals surface area contributed by atoms with Crippen LogP contribution in [0.1, 0.15) is 16.8 Å². The van der Waals surface area contributed by atoms with Gasteiger partial charge in [-0.1, -0.05) is 46.8 Å². The van der Waals surface area contributed by atoms with Crippen LogP contribution in [0.2, 0.25) is 0 Å². The first kappa shape index (κ1) is 27.1. The highest BCUT2D eigenvalue weighted by Crippen LogP contribution is 2.29. The van der Waals surface area contributed by atoms with Crippen molar-refractivity contribution in [3.63, 3.8) is 0 Å². The fourth-order valence-corrected chi connectivity index (χ4v) is 4.82. The molecule has 3 heterocycles. The van der Waals surface area contributed by atoms with Crippen LogP contribution in [0, 0.1) is 5.82 Å². The molecule has 0 saturated carbocycles. The topological polar surface area (TPSA) is 112 Å². The zero-order valence-corrected chi connectivity index (χ0v) is 22.9. The number of hydrogen-bond acceptors (Lipinski definition) is 8. The molecular weight excluding hydrogens is 539 g/mol. The van der Waals surface area contributed by atoms with E-state index in [1.165, 1.54) is 11.0 Å². The van der Waals surface area contributed by atoms with Gasteiger partial charge in [0.2, 0.25) is 0 Å². The molecule has 1 amide bonds. The third kappa shape index (κ3) is 6.28. The number of rotatable bonds is 11.